The van der Waals surface area contributed by atoms with Gasteiger partial charge in [0.05, 0.1) is 19.8 Å². The molecule has 0 saturated heterocycles. The molecule has 0 radical (unpaired) electrons. The molecular weight excluding hydrogens is 280 g/mol. The number of hydrogen-bond acceptors (Lipinski definition) is 4. The van der Waals surface area contributed by atoms with Crippen molar-refractivity contribution in [2.75, 3.05) is 19.8 Å². The maximum absolute atomic E-state index is 11.4. The molecule has 0 unspecified atom stereocenters. The lowest BCUT2D eigenvalue weighted by Crippen LogP contribution is -2.47. The molecule has 0 atom stereocenters. The van der Waals surface area contributed by atoms with Crippen molar-refractivity contribution >= 4 is 28.1 Å². The normalized spacial score (nSPS) is 9.19. The van der Waals surface area contributed by atoms with E-state index in [0.717, 1.165) is 5.01 Å². The molecule has 92 valence electrons. The van der Waals surface area contributed by atoms with E-state index in [9.17, 15) is 9.59 Å². The molecule has 1 N–H and O–H groups in total. The van der Waals surface area contributed by atoms with Gasteiger partial charge in [0, 0.05) is 4.48 Å². The fraction of sp³-hybridized carbons (Fsp3) is 0.556. The lowest BCUT2D eigenvalue weighted by molar-refractivity contribution is 0.0789. The molecule has 7 heteroatoms. The minimum atomic E-state index is -0.718. The van der Waals surface area contributed by atoms with Crippen molar-refractivity contribution in [3.8, 4) is 0 Å². The Labute approximate surface area is 103 Å². The Morgan fingerprint density at radius 1 is 1.31 bits per heavy atom. The predicted molar refractivity (Wildman–Crippen MR) is 62.0 cm³/mol. The second kappa shape index (κ2) is 7.98. The summed E-state index contributed by atoms with van der Waals surface area (Å²) in [5, 5.41) is 0.971. The molecule has 0 aliphatic carbocycles. The molecule has 0 fully saturated rings. The van der Waals surface area contributed by atoms with E-state index in [1.807, 2.05) is 0 Å². The monoisotopic (exact) mass is 294 g/mol. The first kappa shape index (κ1) is 14.8. The van der Waals surface area contributed by atoms with Crippen molar-refractivity contribution in [1.82, 2.24) is 10.4 Å². The maximum Gasteiger partial charge on any atom is 0.429 e. The highest BCUT2D eigenvalue weighted by molar-refractivity contribution is 9.11. The number of hydrogen-bond donors (Lipinski definition) is 1. The molecule has 0 saturated carbocycles. The molecule has 0 rings (SSSR count). The van der Waals surface area contributed by atoms with Gasteiger partial charge in [0.2, 0.25) is 0 Å². The smallest absolute Gasteiger partial charge is 0.429 e. The largest absolute Gasteiger partial charge is 0.449 e. The zero-order chi connectivity index (χ0) is 12.6. The summed E-state index contributed by atoms with van der Waals surface area (Å²) < 4.78 is 9.90. The lowest BCUT2D eigenvalue weighted by atomic mass is 10.6. The number of nitrogens with one attached hydrogen (secondary N) is 1. The van der Waals surface area contributed by atoms with Gasteiger partial charge < -0.3 is 9.47 Å². The van der Waals surface area contributed by atoms with Crippen LogP contribution in [0.2, 0.25) is 0 Å². The third-order valence-electron chi connectivity index (χ3n) is 1.32. The van der Waals surface area contributed by atoms with Gasteiger partial charge in [-0.15, -0.1) is 0 Å². The van der Waals surface area contributed by atoms with Gasteiger partial charge in [-0.05, 0) is 13.8 Å². The summed E-state index contributed by atoms with van der Waals surface area (Å²) in [4.78, 5) is 22.5. The van der Waals surface area contributed by atoms with Gasteiger partial charge in [0.15, 0.2) is 0 Å². The lowest BCUT2D eigenvalue weighted by Gasteiger charge is -2.21. The Morgan fingerprint density at radius 2 is 1.88 bits per heavy atom. The summed E-state index contributed by atoms with van der Waals surface area (Å²) >= 11 is 3.09. The van der Waals surface area contributed by atoms with E-state index in [2.05, 4.69) is 32.7 Å². The SMILES string of the molecule is C=C(Br)CN(NC(=O)OCC)C(=O)OCC. The highest BCUT2D eigenvalue weighted by atomic mass is 79.9. The minimum Gasteiger partial charge on any atom is -0.449 e. The average molecular weight is 295 g/mol. The first-order chi connectivity index (χ1) is 7.51. The summed E-state index contributed by atoms with van der Waals surface area (Å²) in [6.45, 7) is 7.43. The Kier molecular flexibility index (Phi) is 7.36. The van der Waals surface area contributed by atoms with E-state index in [-0.39, 0.29) is 19.8 Å². The zero-order valence-electron chi connectivity index (χ0n) is 9.29. The van der Waals surface area contributed by atoms with Gasteiger partial charge in [-0.3, -0.25) is 0 Å². The summed E-state index contributed by atoms with van der Waals surface area (Å²) in [5.41, 5.74) is 2.24. The van der Waals surface area contributed by atoms with Crippen molar-refractivity contribution in [3.63, 3.8) is 0 Å². The highest BCUT2D eigenvalue weighted by Crippen LogP contribution is 2.04. The molecule has 16 heavy (non-hydrogen) atoms. The molecule has 0 aromatic heterocycles. The van der Waals surface area contributed by atoms with Crippen molar-refractivity contribution in [3.05, 3.63) is 11.1 Å². The van der Waals surface area contributed by atoms with Crippen molar-refractivity contribution in [2.45, 2.75) is 13.8 Å². The number of carbonyl (C=O) groups is 2. The summed E-state index contributed by atoms with van der Waals surface area (Å²) in [5.74, 6) is 0. The van der Waals surface area contributed by atoms with Crippen LogP contribution in [-0.4, -0.2) is 37.0 Å². The molecule has 0 aliphatic rings. The van der Waals surface area contributed by atoms with Gasteiger partial charge in [0.25, 0.3) is 0 Å². The van der Waals surface area contributed by atoms with Crippen LogP contribution < -0.4 is 5.43 Å². The number of rotatable bonds is 4. The van der Waals surface area contributed by atoms with E-state index >= 15 is 0 Å². The molecule has 0 aromatic carbocycles. The molecular formula is C9H15BrN2O4. The third-order valence-corrected chi connectivity index (χ3v) is 1.57. The standard InChI is InChI=1S/C9H15BrN2O4/c1-4-15-8(13)11-12(6-7(3)10)9(14)16-5-2/h3-6H2,1-2H3,(H,11,13). The number of hydrazine groups is 1. The van der Waals surface area contributed by atoms with E-state index < -0.39 is 12.2 Å². The van der Waals surface area contributed by atoms with E-state index in [1.165, 1.54) is 0 Å². The predicted octanol–water partition coefficient (Wildman–Crippen LogP) is 2.01. The van der Waals surface area contributed by atoms with Crippen LogP contribution in [0.3, 0.4) is 0 Å². The summed E-state index contributed by atoms with van der Waals surface area (Å²) in [6.07, 6.45) is -1.39. The van der Waals surface area contributed by atoms with Crippen LogP contribution in [0.4, 0.5) is 9.59 Å². The van der Waals surface area contributed by atoms with Crippen LogP contribution in [-0.2, 0) is 9.47 Å². The van der Waals surface area contributed by atoms with Gasteiger partial charge in [0.1, 0.15) is 0 Å². The van der Waals surface area contributed by atoms with Crippen LogP contribution >= 0.6 is 15.9 Å². The second-order valence-electron chi connectivity index (χ2n) is 2.63. The Balaban J connectivity index is 4.36. The Bertz CT molecular complexity index is 270. The topological polar surface area (TPSA) is 67.9 Å². The highest BCUT2D eigenvalue weighted by Gasteiger charge is 2.18. The van der Waals surface area contributed by atoms with E-state index in [1.54, 1.807) is 13.8 Å². The molecule has 0 bridgehead atoms. The quantitative estimate of drug-likeness (QED) is 0.806. The summed E-state index contributed by atoms with van der Waals surface area (Å²) in [6, 6.07) is 0. The summed E-state index contributed by atoms with van der Waals surface area (Å²) in [7, 11) is 0. The third kappa shape index (κ3) is 6.28. The van der Waals surface area contributed by atoms with Gasteiger partial charge >= 0.3 is 12.2 Å². The van der Waals surface area contributed by atoms with Gasteiger partial charge in [-0.2, -0.15) is 0 Å². The van der Waals surface area contributed by atoms with Crippen molar-refractivity contribution in [1.29, 1.82) is 0 Å². The molecule has 0 heterocycles. The minimum absolute atomic E-state index is 0.0949. The molecule has 2 amide bonds. The molecule has 6 nitrogen and oxygen atoms in total. The molecule has 0 aliphatic heterocycles. The number of nitrogens with zero attached hydrogens (tertiary/aromatic N) is 1. The fourth-order valence-electron chi connectivity index (χ4n) is 0.796. The van der Waals surface area contributed by atoms with Gasteiger partial charge in [-0.1, -0.05) is 22.5 Å². The van der Waals surface area contributed by atoms with E-state index in [0.29, 0.717) is 4.48 Å². The number of amides is 2. The first-order valence-corrected chi connectivity index (χ1v) is 5.51. The van der Waals surface area contributed by atoms with Crippen LogP contribution in [0.1, 0.15) is 13.8 Å². The van der Waals surface area contributed by atoms with Crippen LogP contribution in [0.25, 0.3) is 0 Å². The van der Waals surface area contributed by atoms with Crippen molar-refractivity contribution < 1.29 is 19.1 Å². The first-order valence-electron chi connectivity index (χ1n) is 4.72. The van der Waals surface area contributed by atoms with Crippen molar-refractivity contribution in [2.24, 2.45) is 0 Å². The maximum atomic E-state index is 11.4. The zero-order valence-corrected chi connectivity index (χ0v) is 10.9. The van der Waals surface area contributed by atoms with Crippen LogP contribution in [0.5, 0.6) is 0 Å². The molecule has 0 spiro atoms. The fourth-order valence-corrected chi connectivity index (χ4v) is 1.05. The second-order valence-corrected chi connectivity index (χ2v) is 3.76. The number of carbonyl (C=O) groups excluding carboxylic acids is 2. The number of halogens is 1. The van der Waals surface area contributed by atoms with Crippen LogP contribution in [0.15, 0.2) is 11.1 Å². The average Bonchev–Trinajstić information content (AvgIpc) is 2.16. The Hall–Kier alpha value is -1.24. The molecule has 0 aromatic rings. The van der Waals surface area contributed by atoms with E-state index in [4.69, 9.17) is 4.74 Å². The number of ether oxygens (including phenoxy) is 2. The van der Waals surface area contributed by atoms with Crippen LogP contribution in [0, 0.1) is 0 Å². The Morgan fingerprint density at radius 3 is 2.31 bits per heavy atom. The van der Waals surface area contributed by atoms with Gasteiger partial charge in [-0.25, -0.2) is 20.0 Å².